The van der Waals surface area contributed by atoms with Gasteiger partial charge in [0.25, 0.3) is 5.91 Å². The molecule has 1 amide bonds. The molecule has 0 atom stereocenters. The van der Waals surface area contributed by atoms with Crippen molar-refractivity contribution in [3.63, 3.8) is 0 Å². The maximum absolute atomic E-state index is 13.6. The van der Waals surface area contributed by atoms with Gasteiger partial charge in [0, 0.05) is 22.1 Å². The zero-order valence-electron chi connectivity index (χ0n) is 11.5. The number of nitrogens with one attached hydrogen (secondary N) is 1. The first-order valence-corrected chi connectivity index (χ1v) is 7.34. The molecule has 0 saturated heterocycles. The molecule has 3 nitrogen and oxygen atoms in total. The molecular formula is C16H15BrFNO2. The lowest BCUT2D eigenvalue weighted by Crippen LogP contribution is -2.23. The summed E-state index contributed by atoms with van der Waals surface area (Å²) in [4.78, 5) is 12.0. The van der Waals surface area contributed by atoms with E-state index in [0.717, 1.165) is 0 Å². The second-order valence-electron chi connectivity index (χ2n) is 4.38. The second kappa shape index (κ2) is 7.22. The minimum Gasteiger partial charge on any atom is -0.494 e. The first-order chi connectivity index (χ1) is 10.1. The number of rotatable bonds is 5. The van der Waals surface area contributed by atoms with Gasteiger partial charge in [-0.05, 0) is 43.3 Å². The second-order valence-corrected chi connectivity index (χ2v) is 5.29. The number of benzene rings is 2. The molecular weight excluding hydrogens is 337 g/mol. The van der Waals surface area contributed by atoms with E-state index in [0.29, 0.717) is 28.0 Å². The third kappa shape index (κ3) is 4.29. The zero-order chi connectivity index (χ0) is 15.2. The molecule has 0 spiro atoms. The lowest BCUT2D eigenvalue weighted by atomic mass is 10.2. The summed E-state index contributed by atoms with van der Waals surface area (Å²) in [5.41, 5.74) is 0.952. The average Bonchev–Trinajstić information content (AvgIpc) is 2.47. The Kier molecular flexibility index (Phi) is 5.33. The van der Waals surface area contributed by atoms with Crippen molar-refractivity contribution in [2.24, 2.45) is 0 Å². The molecule has 2 rings (SSSR count). The fourth-order valence-electron chi connectivity index (χ4n) is 1.81. The zero-order valence-corrected chi connectivity index (χ0v) is 13.1. The summed E-state index contributed by atoms with van der Waals surface area (Å²) in [6.45, 7) is 2.62. The molecule has 0 aliphatic heterocycles. The standard InChI is InChI=1S/C16H15BrFNO2/c1-2-21-14-7-4-11(5-8-14)16(20)19-10-12-3-6-13(17)9-15(12)18/h3-9H,2,10H2,1H3,(H,19,20). The summed E-state index contributed by atoms with van der Waals surface area (Å²) < 4.78 is 19.6. The van der Waals surface area contributed by atoms with Crippen LogP contribution in [0.5, 0.6) is 5.75 Å². The molecule has 0 aromatic heterocycles. The molecule has 2 aromatic rings. The fourth-order valence-corrected chi connectivity index (χ4v) is 2.14. The van der Waals surface area contributed by atoms with Crippen LogP contribution < -0.4 is 10.1 Å². The van der Waals surface area contributed by atoms with Gasteiger partial charge in [-0.2, -0.15) is 0 Å². The molecule has 0 fully saturated rings. The van der Waals surface area contributed by atoms with Crippen molar-refractivity contribution in [2.45, 2.75) is 13.5 Å². The maximum atomic E-state index is 13.6. The molecule has 110 valence electrons. The summed E-state index contributed by atoms with van der Waals surface area (Å²) in [6.07, 6.45) is 0. The molecule has 21 heavy (non-hydrogen) atoms. The van der Waals surface area contributed by atoms with Crippen LogP contribution in [0.4, 0.5) is 4.39 Å². The van der Waals surface area contributed by atoms with Crippen molar-refractivity contribution in [3.05, 3.63) is 63.9 Å². The summed E-state index contributed by atoms with van der Waals surface area (Å²) in [6, 6.07) is 11.6. The largest absolute Gasteiger partial charge is 0.494 e. The van der Waals surface area contributed by atoms with E-state index in [1.165, 1.54) is 6.07 Å². The maximum Gasteiger partial charge on any atom is 0.251 e. The molecule has 0 bridgehead atoms. The monoisotopic (exact) mass is 351 g/mol. The van der Waals surface area contributed by atoms with Gasteiger partial charge in [-0.3, -0.25) is 4.79 Å². The molecule has 0 saturated carbocycles. The first-order valence-electron chi connectivity index (χ1n) is 6.55. The van der Waals surface area contributed by atoms with Crippen molar-refractivity contribution in [2.75, 3.05) is 6.61 Å². The number of hydrogen-bond donors (Lipinski definition) is 1. The highest BCUT2D eigenvalue weighted by atomic mass is 79.9. The van der Waals surface area contributed by atoms with E-state index in [4.69, 9.17) is 4.74 Å². The molecule has 0 unspecified atom stereocenters. The van der Waals surface area contributed by atoms with E-state index in [2.05, 4.69) is 21.2 Å². The van der Waals surface area contributed by atoms with E-state index in [1.54, 1.807) is 36.4 Å². The van der Waals surface area contributed by atoms with Crippen molar-refractivity contribution < 1.29 is 13.9 Å². The Morgan fingerprint density at radius 1 is 1.24 bits per heavy atom. The van der Waals surface area contributed by atoms with Crippen molar-refractivity contribution >= 4 is 21.8 Å². The van der Waals surface area contributed by atoms with Gasteiger partial charge in [0.2, 0.25) is 0 Å². The van der Waals surface area contributed by atoms with Gasteiger partial charge in [-0.25, -0.2) is 4.39 Å². The lowest BCUT2D eigenvalue weighted by Gasteiger charge is -2.08. The molecule has 0 aliphatic rings. The summed E-state index contributed by atoms with van der Waals surface area (Å²) in [5.74, 6) is 0.115. The van der Waals surface area contributed by atoms with Gasteiger partial charge in [0.15, 0.2) is 0 Å². The van der Waals surface area contributed by atoms with Gasteiger partial charge in [-0.15, -0.1) is 0 Å². The predicted molar refractivity (Wildman–Crippen MR) is 82.9 cm³/mol. The number of amides is 1. The number of carbonyl (C=O) groups excluding carboxylic acids is 1. The van der Waals surface area contributed by atoms with Crippen LogP contribution in [0.15, 0.2) is 46.9 Å². The summed E-state index contributed by atoms with van der Waals surface area (Å²) in [5, 5.41) is 2.69. The van der Waals surface area contributed by atoms with E-state index in [9.17, 15) is 9.18 Å². The molecule has 0 aliphatic carbocycles. The Morgan fingerprint density at radius 3 is 2.57 bits per heavy atom. The van der Waals surface area contributed by atoms with Crippen molar-refractivity contribution in [1.82, 2.24) is 5.32 Å². The average molecular weight is 352 g/mol. The fraction of sp³-hybridized carbons (Fsp3) is 0.188. The van der Waals surface area contributed by atoms with Crippen LogP contribution in [0, 0.1) is 5.82 Å². The van der Waals surface area contributed by atoms with Crippen LogP contribution in [0.2, 0.25) is 0 Å². The normalized spacial score (nSPS) is 10.2. The molecule has 0 heterocycles. The Morgan fingerprint density at radius 2 is 1.95 bits per heavy atom. The van der Waals surface area contributed by atoms with Gasteiger partial charge in [0.05, 0.1) is 6.61 Å². The van der Waals surface area contributed by atoms with Gasteiger partial charge in [-0.1, -0.05) is 22.0 Å². The minimum absolute atomic E-state index is 0.144. The highest BCUT2D eigenvalue weighted by molar-refractivity contribution is 9.10. The highest BCUT2D eigenvalue weighted by Gasteiger charge is 2.08. The molecule has 2 aromatic carbocycles. The number of ether oxygens (including phenoxy) is 1. The number of hydrogen-bond acceptors (Lipinski definition) is 2. The molecule has 5 heteroatoms. The van der Waals surface area contributed by atoms with Crippen molar-refractivity contribution in [3.8, 4) is 5.75 Å². The van der Waals surface area contributed by atoms with Gasteiger partial charge < -0.3 is 10.1 Å². The lowest BCUT2D eigenvalue weighted by molar-refractivity contribution is 0.0950. The van der Waals surface area contributed by atoms with Crippen LogP contribution >= 0.6 is 15.9 Å². The Bertz CT molecular complexity index is 629. The number of halogens is 2. The van der Waals surface area contributed by atoms with E-state index in [-0.39, 0.29) is 18.3 Å². The first kappa shape index (κ1) is 15.5. The van der Waals surface area contributed by atoms with Crippen LogP contribution in [0.25, 0.3) is 0 Å². The van der Waals surface area contributed by atoms with Crippen molar-refractivity contribution in [1.29, 1.82) is 0 Å². The summed E-state index contributed by atoms with van der Waals surface area (Å²) in [7, 11) is 0. The smallest absolute Gasteiger partial charge is 0.251 e. The van der Waals surface area contributed by atoms with Crippen LogP contribution in [0.3, 0.4) is 0 Å². The topological polar surface area (TPSA) is 38.3 Å². The van der Waals surface area contributed by atoms with Crippen LogP contribution in [0.1, 0.15) is 22.8 Å². The third-order valence-corrected chi connectivity index (χ3v) is 3.38. The summed E-state index contributed by atoms with van der Waals surface area (Å²) >= 11 is 3.19. The van der Waals surface area contributed by atoms with Gasteiger partial charge in [0.1, 0.15) is 11.6 Å². The third-order valence-electron chi connectivity index (χ3n) is 2.88. The molecule has 0 radical (unpaired) electrons. The number of carbonyl (C=O) groups is 1. The Labute approximate surface area is 131 Å². The quantitative estimate of drug-likeness (QED) is 0.886. The minimum atomic E-state index is -0.351. The van der Waals surface area contributed by atoms with E-state index in [1.807, 2.05) is 6.92 Å². The predicted octanol–water partition coefficient (Wildman–Crippen LogP) is 3.92. The highest BCUT2D eigenvalue weighted by Crippen LogP contribution is 2.16. The van der Waals surface area contributed by atoms with Gasteiger partial charge >= 0.3 is 0 Å². The Hall–Kier alpha value is -1.88. The van der Waals surface area contributed by atoms with Crippen LogP contribution in [-0.4, -0.2) is 12.5 Å². The SMILES string of the molecule is CCOc1ccc(C(=O)NCc2ccc(Br)cc2F)cc1. The van der Waals surface area contributed by atoms with E-state index >= 15 is 0 Å². The molecule has 1 N–H and O–H groups in total. The Balaban J connectivity index is 1.98. The van der Waals surface area contributed by atoms with E-state index < -0.39 is 0 Å². The van der Waals surface area contributed by atoms with Crippen LogP contribution in [-0.2, 0) is 6.54 Å².